The second-order valence-corrected chi connectivity index (χ2v) is 5.73. The Morgan fingerprint density at radius 1 is 0.960 bits per heavy atom. The first kappa shape index (κ1) is 16.6. The van der Waals surface area contributed by atoms with E-state index in [-0.39, 0.29) is 5.91 Å². The molecule has 0 saturated heterocycles. The van der Waals surface area contributed by atoms with Crippen molar-refractivity contribution in [2.75, 3.05) is 5.32 Å². The quantitative estimate of drug-likeness (QED) is 0.768. The average molecular weight is 333 g/mol. The number of carbonyl (C=O) groups excluding carboxylic acids is 1. The molecule has 5 nitrogen and oxygen atoms in total. The lowest BCUT2D eigenvalue weighted by atomic mass is 10.2. The van der Waals surface area contributed by atoms with Gasteiger partial charge >= 0.3 is 0 Å². The molecule has 0 unspecified atom stereocenters. The minimum atomic E-state index is -0.250. The lowest BCUT2D eigenvalue weighted by Crippen LogP contribution is -2.14. The van der Waals surface area contributed by atoms with Crippen molar-refractivity contribution in [3.63, 3.8) is 0 Å². The van der Waals surface area contributed by atoms with Gasteiger partial charge in [0.05, 0.1) is 0 Å². The number of aromatic nitrogens is 2. The molecule has 0 aliphatic carbocycles. The van der Waals surface area contributed by atoms with Gasteiger partial charge in [-0.2, -0.15) is 0 Å². The summed E-state index contributed by atoms with van der Waals surface area (Å²) in [6.07, 6.45) is 0. The molecular weight excluding hydrogens is 314 g/mol. The van der Waals surface area contributed by atoms with Crippen molar-refractivity contribution in [2.24, 2.45) is 0 Å². The van der Waals surface area contributed by atoms with Gasteiger partial charge in [-0.25, -0.2) is 9.97 Å². The van der Waals surface area contributed by atoms with Gasteiger partial charge in [0.2, 0.25) is 5.95 Å². The fourth-order valence-electron chi connectivity index (χ4n) is 2.40. The van der Waals surface area contributed by atoms with Crippen LogP contribution in [-0.2, 0) is 6.61 Å². The highest BCUT2D eigenvalue weighted by atomic mass is 16.5. The van der Waals surface area contributed by atoms with Gasteiger partial charge in [-0.05, 0) is 49.7 Å². The molecule has 1 aromatic heterocycles. The third-order valence-electron chi connectivity index (χ3n) is 3.57. The van der Waals surface area contributed by atoms with Crippen LogP contribution >= 0.6 is 0 Å². The number of ether oxygens (including phenoxy) is 1. The van der Waals surface area contributed by atoms with Crippen molar-refractivity contribution in [1.82, 2.24) is 9.97 Å². The Kier molecular flexibility index (Phi) is 5.04. The summed E-state index contributed by atoms with van der Waals surface area (Å²) < 4.78 is 5.72. The van der Waals surface area contributed by atoms with Gasteiger partial charge in [0.25, 0.3) is 5.91 Å². The molecule has 3 aromatic rings. The molecule has 25 heavy (non-hydrogen) atoms. The Balaban J connectivity index is 1.62. The molecule has 0 fully saturated rings. The van der Waals surface area contributed by atoms with Crippen LogP contribution in [0.15, 0.2) is 60.7 Å². The molecule has 2 aromatic carbocycles. The van der Waals surface area contributed by atoms with Crippen LogP contribution in [0.25, 0.3) is 0 Å². The second-order valence-electron chi connectivity index (χ2n) is 5.73. The highest BCUT2D eigenvalue weighted by Crippen LogP contribution is 2.15. The van der Waals surface area contributed by atoms with E-state index < -0.39 is 0 Å². The zero-order valence-electron chi connectivity index (χ0n) is 14.2. The van der Waals surface area contributed by atoms with Crippen molar-refractivity contribution in [3.8, 4) is 5.75 Å². The third kappa shape index (κ3) is 4.64. The van der Waals surface area contributed by atoms with Crippen molar-refractivity contribution >= 4 is 11.9 Å². The van der Waals surface area contributed by atoms with Crippen LogP contribution in [0.3, 0.4) is 0 Å². The van der Waals surface area contributed by atoms with E-state index in [4.69, 9.17) is 4.74 Å². The monoisotopic (exact) mass is 333 g/mol. The van der Waals surface area contributed by atoms with E-state index in [1.807, 2.05) is 50.2 Å². The fraction of sp³-hybridized carbons (Fsp3) is 0.150. The van der Waals surface area contributed by atoms with Gasteiger partial charge in [0, 0.05) is 17.0 Å². The highest BCUT2D eigenvalue weighted by molar-refractivity contribution is 6.03. The Labute approximate surface area is 146 Å². The summed E-state index contributed by atoms with van der Waals surface area (Å²) in [6.45, 7) is 4.22. The van der Waals surface area contributed by atoms with E-state index in [2.05, 4.69) is 15.3 Å². The van der Waals surface area contributed by atoms with Gasteiger partial charge < -0.3 is 4.74 Å². The maximum absolute atomic E-state index is 12.3. The first-order valence-corrected chi connectivity index (χ1v) is 8.00. The van der Waals surface area contributed by atoms with Crippen LogP contribution in [0, 0.1) is 13.8 Å². The summed E-state index contributed by atoms with van der Waals surface area (Å²) in [5.74, 6) is 0.773. The van der Waals surface area contributed by atoms with Gasteiger partial charge in [-0.3, -0.25) is 10.1 Å². The number of benzene rings is 2. The van der Waals surface area contributed by atoms with Crippen LogP contribution < -0.4 is 10.1 Å². The van der Waals surface area contributed by atoms with E-state index in [0.29, 0.717) is 23.9 Å². The highest BCUT2D eigenvalue weighted by Gasteiger charge is 2.09. The van der Waals surface area contributed by atoms with E-state index >= 15 is 0 Å². The zero-order chi connectivity index (χ0) is 17.6. The number of hydrogen-bond donors (Lipinski definition) is 1. The Morgan fingerprint density at radius 3 is 2.24 bits per heavy atom. The summed E-state index contributed by atoms with van der Waals surface area (Å²) >= 11 is 0. The molecule has 0 aliphatic heterocycles. The Bertz CT molecular complexity index is 842. The number of hydrogen-bond acceptors (Lipinski definition) is 4. The number of amides is 1. The summed E-state index contributed by atoms with van der Waals surface area (Å²) in [5, 5.41) is 2.72. The van der Waals surface area contributed by atoms with E-state index in [1.165, 1.54) is 0 Å². The second kappa shape index (κ2) is 7.57. The molecule has 126 valence electrons. The number of anilines is 1. The summed E-state index contributed by atoms with van der Waals surface area (Å²) in [7, 11) is 0. The predicted molar refractivity (Wildman–Crippen MR) is 96.7 cm³/mol. The van der Waals surface area contributed by atoms with Crippen LogP contribution in [0.4, 0.5) is 5.95 Å². The molecule has 1 amide bonds. The minimum absolute atomic E-state index is 0.250. The van der Waals surface area contributed by atoms with Gasteiger partial charge in [-0.1, -0.05) is 30.3 Å². The van der Waals surface area contributed by atoms with Crippen LogP contribution in [0.1, 0.15) is 27.3 Å². The van der Waals surface area contributed by atoms with E-state index in [0.717, 1.165) is 17.0 Å². The number of nitrogens with one attached hydrogen (secondary N) is 1. The molecule has 0 radical (unpaired) electrons. The normalized spacial score (nSPS) is 10.3. The molecule has 0 saturated carbocycles. The average Bonchev–Trinajstić information content (AvgIpc) is 2.60. The smallest absolute Gasteiger partial charge is 0.258 e. The first-order chi connectivity index (χ1) is 12.1. The van der Waals surface area contributed by atoms with Crippen LogP contribution in [-0.4, -0.2) is 15.9 Å². The van der Waals surface area contributed by atoms with Crippen LogP contribution in [0.2, 0.25) is 0 Å². The summed E-state index contributed by atoms with van der Waals surface area (Å²) in [6, 6.07) is 18.8. The lowest BCUT2D eigenvalue weighted by molar-refractivity contribution is 0.102. The van der Waals surface area contributed by atoms with Crippen molar-refractivity contribution < 1.29 is 9.53 Å². The largest absolute Gasteiger partial charge is 0.489 e. The number of rotatable bonds is 5. The number of carbonyl (C=O) groups is 1. The zero-order valence-corrected chi connectivity index (χ0v) is 14.2. The van der Waals surface area contributed by atoms with Crippen LogP contribution in [0.5, 0.6) is 5.75 Å². The maximum Gasteiger partial charge on any atom is 0.258 e. The molecule has 3 rings (SSSR count). The van der Waals surface area contributed by atoms with E-state index in [9.17, 15) is 4.79 Å². The Morgan fingerprint density at radius 2 is 1.60 bits per heavy atom. The van der Waals surface area contributed by atoms with Crippen molar-refractivity contribution in [3.05, 3.63) is 83.2 Å². The SMILES string of the molecule is Cc1cc(C)nc(NC(=O)c2ccc(OCc3ccccc3)cc2)n1. The maximum atomic E-state index is 12.3. The van der Waals surface area contributed by atoms with Gasteiger partial charge in [0.1, 0.15) is 12.4 Å². The Hall–Kier alpha value is -3.21. The summed E-state index contributed by atoms with van der Waals surface area (Å²) in [5.41, 5.74) is 3.24. The topological polar surface area (TPSA) is 64.1 Å². The molecule has 1 heterocycles. The molecule has 5 heteroatoms. The minimum Gasteiger partial charge on any atom is -0.489 e. The number of aryl methyl sites for hydroxylation is 2. The molecule has 0 aliphatic rings. The third-order valence-corrected chi connectivity index (χ3v) is 3.57. The molecule has 0 spiro atoms. The molecule has 0 atom stereocenters. The van der Waals surface area contributed by atoms with Gasteiger partial charge in [-0.15, -0.1) is 0 Å². The standard InChI is InChI=1S/C20H19N3O2/c1-14-12-15(2)22-20(21-14)23-19(24)17-8-10-18(11-9-17)25-13-16-6-4-3-5-7-16/h3-12H,13H2,1-2H3,(H,21,22,23,24). The molecule has 0 bridgehead atoms. The number of nitrogens with zero attached hydrogens (tertiary/aromatic N) is 2. The predicted octanol–water partition coefficient (Wildman–Crippen LogP) is 3.92. The molecule has 1 N–H and O–H groups in total. The summed E-state index contributed by atoms with van der Waals surface area (Å²) in [4.78, 5) is 20.7. The molecular formula is C20H19N3O2. The van der Waals surface area contributed by atoms with E-state index in [1.54, 1.807) is 24.3 Å². The lowest BCUT2D eigenvalue weighted by Gasteiger charge is -2.08. The van der Waals surface area contributed by atoms with Gasteiger partial charge in [0.15, 0.2) is 0 Å². The first-order valence-electron chi connectivity index (χ1n) is 8.00. The fourth-order valence-corrected chi connectivity index (χ4v) is 2.40. The van der Waals surface area contributed by atoms with Crippen molar-refractivity contribution in [2.45, 2.75) is 20.5 Å². The van der Waals surface area contributed by atoms with Crippen molar-refractivity contribution in [1.29, 1.82) is 0 Å².